The molecule has 1 amide bonds. The third-order valence-electron chi connectivity index (χ3n) is 7.30. The number of likely N-dealkylation sites (tertiary alicyclic amines) is 1. The fourth-order valence-corrected chi connectivity index (χ4v) is 5.78. The van der Waals surface area contributed by atoms with Crippen LogP contribution in [0.5, 0.6) is 5.75 Å². The molecule has 1 fully saturated rings. The van der Waals surface area contributed by atoms with Crippen LogP contribution in [0.4, 0.5) is 18.9 Å². The van der Waals surface area contributed by atoms with E-state index in [0.29, 0.717) is 17.0 Å². The number of imidazole rings is 1. The minimum absolute atomic E-state index is 0.0670. The van der Waals surface area contributed by atoms with Crippen LogP contribution in [0.25, 0.3) is 11.0 Å². The monoisotopic (exact) mass is 605 g/mol. The largest absolute Gasteiger partial charge is 0.495 e. The van der Waals surface area contributed by atoms with Crippen LogP contribution in [0.15, 0.2) is 41.6 Å². The number of benzene rings is 2. The zero-order valence-electron chi connectivity index (χ0n) is 23.9. The van der Waals surface area contributed by atoms with Crippen molar-refractivity contribution in [3.8, 4) is 17.6 Å². The second kappa shape index (κ2) is 12.6. The van der Waals surface area contributed by atoms with Crippen molar-refractivity contribution in [2.45, 2.75) is 43.4 Å². The number of aromatic nitrogens is 2. The molecular formula is C29H34F3N5O4S. The van der Waals surface area contributed by atoms with Gasteiger partial charge in [0.25, 0.3) is 5.91 Å². The number of hydrogen-bond donors (Lipinski definition) is 2. The summed E-state index contributed by atoms with van der Waals surface area (Å²) in [5.74, 6) is 6.07. The fraction of sp³-hybridized carbons (Fsp3) is 0.448. The quantitative estimate of drug-likeness (QED) is 0.375. The summed E-state index contributed by atoms with van der Waals surface area (Å²) in [6.45, 7) is 2.54. The molecule has 2 aromatic carbocycles. The third kappa shape index (κ3) is 7.54. The minimum Gasteiger partial charge on any atom is -0.495 e. The average Bonchev–Trinajstić information content (AvgIpc) is 3.31. The van der Waals surface area contributed by atoms with Gasteiger partial charge in [0, 0.05) is 24.4 Å². The standard InChI is InChI=1S/C29H34F3N5O4S/c1-5-20-16-36(2)12-10-23(20)35-28(38)22-13-19(14-25-27(22)34-18-37(25)17-29(30,31)32)7-6-11-33-24-15-21(42(4,39)40)8-9-26(24)41-3/h8-9,13-15,18,20,23,33H,5,10-12,16-17H2,1-4H3,(H,35,38). The fourth-order valence-electron chi connectivity index (χ4n) is 5.13. The number of alkyl halides is 3. The van der Waals surface area contributed by atoms with E-state index >= 15 is 0 Å². The number of nitrogens with zero attached hydrogens (tertiary/aromatic N) is 3. The van der Waals surface area contributed by atoms with Gasteiger partial charge in [-0.1, -0.05) is 25.2 Å². The minimum atomic E-state index is -4.48. The lowest BCUT2D eigenvalue weighted by atomic mass is 9.90. The molecule has 0 radical (unpaired) electrons. The number of halogens is 3. The van der Waals surface area contributed by atoms with Crippen LogP contribution >= 0.6 is 0 Å². The van der Waals surface area contributed by atoms with Crippen LogP contribution < -0.4 is 15.4 Å². The molecule has 1 aromatic heterocycles. The van der Waals surface area contributed by atoms with Crippen molar-refractivity contribution in [2.24, 2.45) is 5.92 Å². The topological polar surface area (TPSA) is 106 Å². The van der Waals surface area contributed by atoms with E-state index in [-0.39, 0.29) is 40.0 Å². The predicted molar refractivity (Wildman–Crippen MR) is 154 cm³/mol. The third-order valence-corrected chi connectivity index (χ3v) is 8.41. The van der Waals surface area contributed by atoms with Gasteiger partial charge in [-0.05, 0) is 56.3 Å². The number of anilines is 1. The Kier molecular flexibility index (Phi) is 9.37. The van der Waals surface area contributed by atoms with Crippen LogP contribution in [0.2, 0.25) is 0 Å². The Bertz CT molecular complexity index is 1630. The van der Waals surface area contributed by atoms with Crippen LogP contribution in [0.3, 0.4) is 0 Å². The Balaban J connectivity index is 1.64. The summed E-state index contributed by atoms with van der Waals surface area (Å²) >= 11 is 0. The number of fused-ring (bicyclic) bond motifs is 1. The molecule has 2 unspecified atom stereocenters. The first kappa shape index (κ1) is 31.2. The number of nitrogens with one attached hydrogen (secondary N) is 2. The van der Waals surface area contributed by atoms with Crippen molar-refractivity contribution in [1.29, 1.82) is 0 Å². The van der Waals surface area contributed by atoms with E-state index in [1.54, 1.807) is 0 Å². The van der Waals surface area contributed by atoms with Gasteiger partial charge in [-0.2, -0.15) is 13.2 Å². The summed E-state index contributed by atoms with van der Waals surface area (Å²) in [4.78, 5) is 20.0. The maximum Gasteiger partial charge on any atom is 0.406 e. The molecule has 9 nitrogen and oxygen atoms in total. The highest BCUT2D eigenvalue weighted by Crippen LogP contribution is 2.28. The summed E-state index contributed by atoms with van der Waals surface area (Å²) in [6, 6.07) is 7.35. The molecule has 0 saturated carbocycles. The first-order chi connectivity index (χ1) is 19.8. The maximum atomic E-state index is 13.5. The number of sulfone groups is 1. The average molecular weight is 606 g/mol. The Labute approximate surface area is 243 Å². The van der Waals surface area contributed by atoms with Crippen molar-refractivity contribution < 1.29 is 31.1 Å². The highest BCUT2D eigenvalue weighted by molar-refractivity contribution is 7.90. The number of methoxy groups -OCH3 is 1. The maximum absolute atomic E-state index is 13.5. The second-order valence-corrected chi connectivity index (χ2v) is 12.5. The molecule has 226 valence electrons. The van der Waals surface area contributed by atoms with Crippen molar-refractivity contribution >= 4 is 32.5 Å². The zero-order valence-corrected chi connectivity index (χ0v) is 24.7. The van der Waals surface area contributed by atoms with E-state index in [4.69, 9.17) is 4.74 Å². The zero-order chi connectivity index (χ0) is 30.7. The lowest BCUT2D eigenvalue weighted by Crippen LogP contribution is -2.49. The predicted octanol–water partition coefficient (Wildman–Crippen LogP) is 3.93. The normalized spacial score (nSPS) is 17.9. The number of piperidine rings is 1. The smallest absolute Gasteiger partial charge is 0.406 e. The Hall–Kier alpha value is -3.76. The summed E-state index contributed by atoms with van der Waals surface area (Å²) in [6.07, 6.45) is -0.660. The van der Waals surface area contributed by atoms with Gasteiger partial charge in [0.05, 0.1) is 41.6 Å². The molecule has 1 aliphatic rings. The Morgan fingerprint density at radius 1 is 1.24 bits per heavy atom. The number of carbonyl (C=O) groups is 1. The van der Waals surface area contributed by atoms with Gasteiger partial charge in [0.2, 0.25) is 0 Å². The number of ether oxygens (including phenoxy) is 1. The van der Waals surface area contributed by atoms with Gasteiger partial charge in [0.1, 0.15) is 17.8 Å². The summed E-state index contributed by atoms with van der Waals surface area (Å²) in [5, 5.41) is 6.11. The van der Waals surface area contributed by atoms with Crippen LogP contribution in [0.1, 0.15) is 35.7 Å². The SMILES string of the molecule is CCC1CN(C)CCC1NC(=O)c1cc(C#CCNc2cc(S(C)(=O)=O)ccc2OC)cc2c1ncn2CC(F)(F)F. The van der Waals surface area contributed by atoms with Gasteiger partial charge in [-0.15, -0.1) is 0 Å². The van der Waals surface area contributed by atoms with Crippen LogP contribution in [0, 0.1) is 17.8 Å². The molecule has 2 atom stereocenters. The first-order valence-corrected chi connectivity index (χ1v) is 15.3. The molecule has 0 bridgehead atoms. The molecule has 0 spiro atoms. The first-order valence-electron chi connectivity index (χ1n) is 13.4. The molecule has 1 aliphatic heterocycles. The molecular weight excluding hydrogens is 571 g/mol. The Morgan fingerprint density at radius 2 is 2.00 bits per heavy atom. The van der Waals surface area contributed by atoms with Gasteiger partial charge in [-0.25, -0.2) is 13.4 Å². The summed E-state index contributed by atoms with van der Waals surface area (Å²) in [7, 11) is 0.0373. The highest BCUT2D eigenvalue weighted by atomic mass is 32.2. The van der Waals surface area contributed by atoms with E-state index in [1.165, 1.54) is 37.4 Å². The molecule has 1 saturated heterocycles. The van der Waals surface area contributed by atoms with Crippen LogP contribution in [-0.2, 0) is 16.4 Å². The van der Waals surface area contributed by atoms with E-state index < -0.39 is 28.5 Å². The molecule has 0 aliphatic carbocycles. The second-order valence-electron chi connectivity index (χ2n) is 10.5. The van der Waals surface area contributed by atoms with Crippen molar-refractivity contribution in [3.63, 3.8) is 0 Å². The molecule has 13 heteroatoms. The van der Waals surface area contributed by atoms with Crippen molar-refractivity contribution in [3.05, 3.63) is 47.8 Å². The summed E-state index contributed by atoms with van der Waals surface area (Å²) in [5.41, 5.74) is 1.23. The van der Waals surface area contributed by atoms with Crippen LogP contribution in [-0.4, -0.2) is 81.0 Å². The number of amides is 1. The number of carbonyl (C=O) groups excluding carboxylic acids is 1. The molecule has 2 heterocycles. The van der Waals surface area contributed by atoms with E-state index in [0.717, 1.165) is 43.1 Å². The van der Waals surface area contributed by atoms with Gasteiger partial charge >= 0.3 is 6.18 Å². The number of hydrogen-bond acceptors (Lipinski definition) is 7. The number of rotatable bonds is 8. The van der Waals surface area contributed by atoms with Crippen molar-refractivity contribution in [2.75, 3.05) is 45.4 Å². The molecule has 42 heavy (non-hydrogen) atoms. The molecule has 4 rings (SSSR count). The molecule has 3 aromatic rings. The van der Waals surface area contributed by atoms with E-state index in [2.05, 4.69) is 39.3 Å². The van der Waals surface area contributed by atoms with E-state index in [9.17, 15) is 26.4 Å². The molecule has 2 N–H and O–H groups in total. The lowest BCUT2D eigenvalue weighted by Gasteiger charge is -2.36. The van der Waals surface area contributed by atoms with Crippen molar-refractivity contribution in [1.82, 2.24) is 19.8 Å². The van der Waals surface area contributed by atoms with Gasteiger partial charge in [0.15, 0.2) is 9.84 Å². The highest BCUT2D eigenvalue weighted by Gasteiger charge is 2.31. The summed E-state index contributed by atoms with van der Waals surface area (Å²) < 4.78 is 70.0. The van der Waals surface area contributed by atoms with Gasteiger partial charge in [-0.3, -0.25) is 4.79 Å². The van der Waals surface area contributed by atoms with E-state index in [1.807, 2.05) is 7.05 Å². The lowest BCUT2D eigenvalue weighted by molar-refractivity contribution is -0.139. The Morgan fingerprint density at radius 3 is 2.67 bits per heavy atom. The van der Waals surface area contributed by atoms with Gasteiger partial charge < -0.3 is 24.8 Å².